The predicted molar refractivity (Wildman–Crippen MR) is 93.2 cm³/mol. The first-order valence-electron chi connectivity index (χ1n) is 7.74. The Kier molecular flexibility index (Phi) is 4.39. The molecule has 0 saturated heterocycles. The number of hydrogen-bond donors (Lipinski definition) is 0. The van der Waals surface area contributed by atoms with Crippen molar-refractivity contribution in [2.75, 3.05) is 14.2 Å². The summed E-state index contributed by atoms with van der Waals surface area (Å²) in [7, 11) is 3.22. The molecule has 1 heterocycles. The molecule has 122 valence electrons. The maximum Gasteiger partial charge on any atom is 0.163 e. The van der Waals surface area contributed by atoms with Crippen molar-refractivity contribution in [3.05, 3.63) is 42.0 Å². The fourth-order valence-electron chi connectivity index (χ4n) is 2.76. The lowest BCUT2D eigenvalue weighted by Crippen LogP contribution is -2.00. The summed E-state index contributed by atoms with van der Waals surface area (Å²) in [5.74, 6) is 2.14. The van der Waals surface area contributed by atoms with Crippen molar-refractivity contribution in [2.45, 2.75) is 19.9 Å². The highest BCUT2D eigenvalue weighted by atomic mass is 16.5. The van der Waals surface area contributed by atoms with Crippen LogP contribution in [0.4, 0.5) is 0 Å². The van der Waals surface area contributed by atoms with Crippen molar-refractivity contribution >= 4 is 11.0 Å². The van der Waals surface area contributed by atoms with Crippen LogP contribution >= 0.6 is 0 Å². The van der Waals surface area contributed by atoms with E-state index in [1.807, 2.05) is 24.3 Å². The summed E-state index contributed by atoms with van der Waals surface area (Å²) in [6, 6.07) is 14.2. The minimum absolute atomic E-state index is 0.415. The molecule has 0 fully saturated rings. The second-order valence-electron chi connectivity index (χ2n) is 5.56. The molecule has 3 aromatic rings. The van der Waals surface area contributed by atoms with Crippen molar-refractivity contribution in [2.24, 2.45) is 0 Å². The first kappa shape index (κ1) is 15.9. The van der Waals surface area contributed by atoms with Gasteiger partial charge in [-0.3, -0.25) is 0 Å². The van der Waals surface area contributed by atoms with Crippen molar-refractivity contribution in [1.82, 2.24) is 9.55 Å². The number of imidazole rings is 1. The number of hydrogen-bond acceptors (Lipinski definition) is 4. The van der Waals surface area contributed by atoms with E-state index in [2.05, 4.69) is 29.7 Å². The largest absolute Gasteiger partial charge is 0.493 e. The molecule has 0 saturated carbocycles. The molecule has 0 aliphatic heterocycles. The molecule has 0 bridgehead atoms. The number of nitrogens with zero attached hydrogens (tertiary/aromatic N) is 3. The molecule has 3 rings (SSSR count). The lowest BCUT2D eigenvalue weighted by molar-refractivity contribution is 0.355. The third-order valence-electron chi connectivity index (χ3n) is 4.01. The van der Waals surface area contributed by atoms with Crippen LogP contribution < -0.4 is 9.47 Å². The SMILES string of the molecule is COc1cc2nc(-c3ccc(C)cc3)n(CCC#N)c2cc1OC. The van der Waals surface area contributed by atoms with E-state index in [0.717, 1.165) is 22.4 Å². The van der Waals surface area contributed by atoms with Crippen LogP contribution in [-0.4, -0.2) is 23.8 Å². The van der Waals surface area contributed by atoms with E-state index in [0.29, 0.717) is 24.5 Å². The average molecular weight is 321 g/mol. The molecule has 5 nitrogen and oxygen atoms in total. The Bertz CT molecular complexity index is 905. The van der Waals surface area contributed by atoms with E-state index >= 15 is 0 Å². The molecule has 0 aliphatic carbocycles. The predicted octanol–water partition coefficient (Wildman–Crippen LogP) is 3.94. The van der Waals surface area contributed by atoms with Crippen LogP contribution in [0.15, 0.2) is 36.4 Å². The molecule has 5 heteroatoms. The van der Waals surface area contributed by atoms with E-state index in [1.54, 1.807) is 14.2 Å². The zero-order chi connectivity index (χ0) is 17.1. The van der Waals surface area contributed by atoms with Gasteiger partial charge in [0.1, 0.15) is 5.82 Å². The summed E-state index contributed by atoms with van der Waals surface area (Å²) >= 11 is 0. The normalized spacial score (nSPS) is 10.6. The molecule has 0 aliphatic rings. The number of nitriles is 1. The molecule has 0 spiro atoms. The van der Waals surface area contributed by atoms with Crippen LogP contribution in [0.1, 0.15) is 12.0 Å². The average Bonchev–Trinajstić information content (AvgIpc) is 2.96. The first-order valence-corrected chi connectivity index (χ1v) is 7.74. The summed E-state index contributed by atoms with van der Waals surface area (Å²) in [5, 5.41) is 8.99. The first-order chi connectivity index (χ1) is 11.7. The second kappa shape index (κ2) is 6.63. The van der Waals surface area contributed by atoms with E-state index in [4.69, 9.17) is 19.7 Å². The Morgan fingerprint density at radius 3 is 2.38 bits per heavy atom. The van der Waals surface area contributed by atoms with Crippen molar-refractivity contribution in [3.8, 4) is 29.0 Å². The third kappa shape index (κ3) is 2.79. The summed E-state index contributed by atoms with van der Waals surface area (Å²) in [4.78, 5) is 4.77. The summed E-state index contributed by atoms with van der Waals surface area (Å²) in [6.45, 7) is 2.63. The Morgan fingerprint density at radius 1 is 1.08 bits per heavy atom. The monoisotopic (exact) mass is 321 g/mol. The minimum Gasteiger partial charge on any atom is -0.493 e. The molecular weight excluding hydrogens is 302 g/mol. The number of aromatic nitrogens is 2. The van der Waals surface area contributed by atoms with E-state index < -0.39 is 0 Å². The van der Waals surface area contributed by atoms with Crippen LogP contribution in [0, 0.1) is 18.3 Å². The van der Waals surface area contributed by atoms with Crippen LogP contribution in [0.25, 0.3) is 22.4 Å². The Hall–Kier alpha value is -3.00. The summed E-state index contributed by atoms with van der Waals surface area (Å²) < 4.78 is 12.8. The number of rotatable bonds is 5. The van der Waals surface area contributed by atoms with E-state index in [1.165, 1.54) is 5.56 Å². The number of methoxy groups -OCH3 is 2. The van der Waals surface area contributed by atoms with E-state index in [-0.39, 0.29) is 0 Å². The van der Waals surface area contributed by atoms with Gasteiger partial charge in [-0.2, -0.15) is 5.26 Å². The number of ether oxygens (including phenoxy) is 2. The van der Waals surface area contributed by atoms with Crippen LogP contribution in [0.2, 0.25) is 0 Å². The Morgan fingerprint density at radius 2 is 1.75 bits per heavy atom. The van der Waals surface area contributed by atoms with Gasteiger partial charge in [0, 0.05) is 24.2 Å². The van der Waals surface area contributed by atoms with Crippen LogP contribution in [-0.2, 0) is 6.54 Å². The van der Waals surface area contributed by atoms with Crippen molar-refractivity contribution < 1.29 is 9.47 Å². The standard InChI is InChI=1S/C19H19N3O2/c1-13-5-7-14(8-6-13)19-21-15-11-17(23-2)18(24-3)12-16(15)22(19)10-4-9-20/h5-8,11-12H,4,10H2,1-3H3. The minimum atomic E-state index is 0.415. The van der Waals surface area contributed by atoms with Crippen molar-refractivity contribution in [3.63, 3.8) is 0 Å². The highest BCUT2D eigenvalue weighted by Crippen LogP contribution is 2.34. The maximum atomic E-state index is 8.99. The molecule has 1 aromatic heterocycles. The lowest BCUT2D eigenvalue weighted by atomic mass is 10.1. The zero-order valence-corrected chi connectivity index (χ0v) is 14.0. The fraction of sp³-hybridized carbons (Fsp3) is 0.263. The Balaban J connectivity index is 2.23. The summed E-state index contributed by atoms with van der Waals surface area (Å²) in [5.41, 5.74) is 3.97. The van der Waals surface area contributed by atoms with Gasteiger partial charge >= 0.3 is 0 Å². The van der Waals surface area contributed by atoms with E-state index in [9.17, 15) is 0 Å². The molecule has 2 aromatic carbocycles. The molecular formula is C19H19N3O2. The third-order valence-corrected chi connectivity index (χ3v) is 4.01. The topological polar surface area (TPSA) is 60.1 Å². The quantitative estimate of drug-likeness (QED) is 0.714. The number of benzene rings is 2. The van der Waals surface area contributed by atoms with Gasteiger partial charge < -0.3 is 14.0 Å². The molecule has 0 amide bonds. The van der Waals surface area contributed by atoms with Gasteiger partial charge in [-0.15, -0.1) is 0 Å². The number of aryl methyl sites for hydroxylation is 2. The Labute approximate surface area is 141 Å². The van der Waals surface area contributed by atoms with Gasteiger partial charge in [0.15, 0.2) is 11.5 Å². The number of fused-ring (bicyclic) bond motifs is 1. The lowest BCUT2D eigenvalue weighted by Gasteiger charge is -2.10. The van der Waals surface area contributed by atoms with Gasteiger partial charge in [-0.1, -0.05) is 29.8 Å². The van der Waals surface area contributed by atoms with Gasteiger partial charge in [0.25, 0.3) is 0 Å². The molecule has 24 heavy (non-hydrogen) atoms. The van der Waals surface area contributed by atoms with Gasteiger partial charge in [-0.05, 0) is 6.92 Å². The summed E-state index contributed by atoms with van der Waals surface area (Å²) in [6.07, 6.45) is 0.415. The van der Waals surface area contributed by atoms with Gasteiger partial charge in [-0.25, -0.2) is 4.98 Å². The molecule has 0 N–H and O–H groups in total. The zero-order valence-electron chi connectivity index (χ0n) is 14.0. The second-order valence-corrected chi connectivity index (χ2v) is 5.56. The van der Waals surface area contributed by atoms with Crippen LogP contribution in [0.3, 0.4) is 0 Å². The highest BCUT2D eigenvalue weighted by Gasteiger charge is 2.16. The molecule has 0 atom stereocenters. The van der Waals surface area contributed by atoms with Crippen molar-refractivity contribution in [1.29, 1.82) is 5.26 Å². The highest BCUT2D eigenvalue weighted by molar-refractivity contribution is 5.84. The fourth-order valence-corrected chi connectivity index (χ4v) is 2.76. The van der Waals surface area contributed by atoms with Crippen LogP contribution in [0.5, 0.6) is 11.5 Å². The maximum absolute atomic E-state index is 8.99. The van der Waals surface area contributed by atoms with Gasteiger partial charge in [0.2, 0.25) is 0 Å². The van der Waals surface area contributed by atoms with Gasteiger partial charge in [0.05, 0.1) is 37.7 Å². The molecule has 0 unspecified atom stereocenters. The molecule has 0 radical (unpaired) electrons. The smallest absolute Gasteiger partial charge is 0.163 e.